The molecule has 0 aromatic heterocycles. The maximum atomic E-state index is 14.0. The predicted octanol–water partition coefficient (Wildman–Crippen LogP) is 6.11. The van der Waals surface area contributed by atoms with E-state index in [2.05, 4.69) is 41.2 Å². The molecule has 0 bridgehead atoms. The molecule has 1 N–H and O–H groups in total. The Morgan fingerprint density at radius 2 is 1.68 bits per heavy atom. The van der Waals surface area contributed by atoms with Gasteiger partial charge in [0.2, 0.25) is 0 Å². The van der Waals surface area contributed by atoms with E-state index in [9.17, 15) is 14.7 Å². The molecular formula is C30H46O4. The molecule has 5 saturated carbocycles. The molecule has 4 heteroatoms. The van der Waals surface area contributed by atoms with Crippen molar-refractivity contribution in [3.63, 3.8) is 0 Å². The van der Waals surface area contributed by atoms with Gasteiger partial charge in [0, 0.05) is 12.3 Å². The Labute approximate surface area is 206 Å². The number of carbonyl (C=O) groups is 2. The number of Topliss-reactive ketones (excluding diaryl/α,β-unsaturated/α-hetero) is 1. The summed E-state index contributed by atoms with van der Waals surface area (Å²) in [4.78, 5) is 26.7. The highest BCUT2D eigenvalue weighted by Crippen LogP contribution is 2.78. The second-order valence-corrected chi connectivity index (χ2v) is 14.1. The summed E-state index contributed by atoms with van der Waals surface area (Å²) < 4.78 is 5.67. The summed E-state index contributed by atoms with van der Waals surface area (Å²) in [5.74, 6) is 1.66. The van der Waals surface area contributed by atoms with Gasteiger partial charge in [0.25, 0.3) is 0 Å². The predicted molar refractivity (Wildman–Crippen MR) is 133 cm³/mol. The second kappa shape index (κ2) is 7.43. The molecule has 4 nitrogen and oxygen atoms in total. The van der Waals surface area contributed by atoms with Gasteiger partial charge >= 0.3 is 5.97 Å². The van der Waals surface area contributed by atoms with E-state index in [1.54, 1.807) is 7.11 Å². The standard InChI is InChI=1S/C30H46O4/c1-18-16-24-26(3,17-21(18)32)12-14-29(6)23-10-11-27(4)19(2)20(31)8-9-22(27)28(23,5)13-15-30(24,29)25(33)34-7/h19,21-24,32H,1,8-17H2,2-7H3/t19-,21-,22?,23?,24?,26-,27+,28-,29+,30-/m0/s1. The molecule has 34 heavy (non-hydrogen) atoms. The van der Waals surface area contributed by atoms with E-state index in [-0.39, 0.29) is 39.5 Å². The van der Waals surface area contributed by atoms with Gasteiger partial charge in [-0.1, -0.05) is 41.2 Å². The van der Waals surface area contributed by atoms with Crippen molar-refractivity contribution in [2.24, 2.45) is 50.7 Å². The lowest BCUT2D eigenvalue weighted by Crippen LogP contribution is -2.70. The Bertz CT molecular complexity index is 925. The molecule has 0 aliphatic heterocycles. The van der Waals surface area contributed by atoms with Crippen LogP contribution in [-0.2, 0) is 14.3 Å². The fourth-order valence-electron chi connectivity index (χ4n) is 11.1. The number of hydrogen-bond donors (Lipinski definition) is 1. The van der Waals surface area contributed by atoms with Crippen LogP contribution in [0.3, 0.4) is 0 Å². The van der Waals surface area contributed by atoms with Crippen molar-refractivity contribution < 1.29 is 19.4 Å². The van der Waals surface area contributed by atoms with Crippen molar-refractivity contribution in [1.82, 2.24) is 0 Å². The molecule has 0 aromatic rings. The highest BCUT2D eigenvalue weighted by molar-refractivity contribution is 5.82. The van der Waals surface area contributed by atoms with Gasteiger partial charge < -0.3 is 9.84 Å². The number of methoxy groups -OCH3 is 1. The lowest BCUT2D eigenvalue weighted by molar-refractivity contribution is -0.259. The van der Waals surface area contributed by atoms with E-state index in [1.807, 2.05) is 0 Å². The van der Waals surface area contributed by atoms with Crippen LogP contribution in [0, 0.1) is 50.7 Å². The number of ether oxygens (including phenoxy) is 1. The lowest BCUT2D eigenvalue weighted by atomic mass is 9.30. The molecule has 5 rings (SSSR count). The van der Waals surface area contributed by atoms with Gasteiger partial charge in [-0.3, -0.25) is 9.59 Å². The summed E-state index contributed by atoms with van der Waals surface area (Å²) in [6, 6.07) is 0. The van der Waals surface area contributed by atoms with Crippen LogP contribution in [0.15, 0.2) is 12.2 Å². The van der Waals surface area contributed by atoms with Gasteiger partial charge in [0.1, 0.15) is 5.78 Å². The number of hydrogen-bond acceptors (Lipinski definition) is 4. The largest absolute Gasteiger partial charge is 0.469 e. The Morgan fingerprint density at radius 1 is 0.971 bits per heavy atom. The topological polar surface area (TPSA) is 63.6 Å². The van der Waals surface area contributed by atoms with E-state index in [0.717, 1.165) is 56.9 Å². The van der Waals surface area contributed by atoms with Crippen LogP contribution in [-0.4, -0.2) is 30.1 Å². The first kappa shape index (κ1) is 24.5. The minimum Gasteiger partial charge on any atom is -0.469 e. The molecule has 5 aliphatic rings. The molecule has 0 amide bonds. The first-order valence-corrected chi connectivity index (χ1v) is 13.8. The van der Waals surface area contributed by atoms with Crippen molar-refractivity contribution in [3.8, 4) is 0 Å². The summed E-state index contributed by atoms with van der Waals surface area (Å²) in [6.45, 7) is 16.0. The van der Waals surface area contributed by atoms with Gasteiger partial charge in [-0.25, -0.2) is 0 Å². The molecule has 0 heterocycles. The first-order valence-electron chi connectivity index (χ1n) is 13.8. The van der Waals surface area contributed by atoms with Gasteiger partial charge in [-0.2, -0.15) is 0 Å². The van der Waals surface area contributed by atoms with E-state index < -0.39 is 11.5 Å². The van der Waals surface area contributed by atoms with Crippen molar-refractivity contribution in [2.45, 2.75) is 105 Å². The zero-order valence-electron chi connectivity index (χ0n) is 22.3. The molecule has 5 fully saturated rings. The third-order valence-electron chi connectivity index (χ3n) is 13.2. The van der Waals surface area contributed by atoms with Crippen molar-refractivity contribution in [1.29, 1.82) is 0 Å². The average Bonchev–Trinajstić information content (AvgIpc) is 2.78. The zero-order valence-corrected chi connectivity index (χ0v) is 22.3. The molecule has 0 aromatic carbocycles. The Balaban J connectivity index is 1.62. The number of rotatable bonds is 1. The summed E-state index contributed by atoms with van der Waals surface area (Å²) in [5, 5.41) is 10.7. The van der Waals surface area contributed by atoms with E-state index in [4.69, 9.17) is 4.74 Å². The van der Waals surface area contributed by atoms with E-state index in [1.165, 1.54) is 0 Å². The van der Waals surface area contributed by atoms with Gasteiger partial charge in [-0.05, 0) is 103 Å². The average molecular weight is 471 g/mol. The summed E-state index contributed by atoms with van der Waals surface area (Å²) in [6.07, 6.45) is 8.74. The lowest BCUT2D eigenvalue weighted by Gasteiger charge is -2.73. The quantitative estimate of drug-likeness (QED) is 0.371. The van der Waals surface area contributed by atoms with E-state index >= 15 is 0 Å². The first-order chi connectivity index (χ1) is 15.8. The smallest absolute Gasteiger partial charge is 0.312 e. The molecular weight excluding hydrogens is 424 g/mol. The summed E-state index contributed by atoms with van der Waals surface area (Å²) in [5.41, 5.74) is 0.329. The number of ketones is 1. The van der Waals surface area contributed by atoms with Crippen LogP contribution in [0.5, 0.6) is 0 Å². The number of carbonyl (C=O) groups excluding carboxylic acids is 2. The minimum absolute atomic E-state index is 0.0299. The highest BCUT2D eigenvalue weighted by atomic mass is 16.5. The third kappa shape index (κ3) is 2.75. The minimum atomic E-state index is -0.536. The number of aliphatic hydroxyl groups is 1. The fourth-order valence-corrected chi connectivity index (χ4v) is 11.1. The van der Waals surface area contributed by atoms with Crippen LogP contribution in [0.25, 0.3) is 0 Å². The Morgan fingerprint density at radius 3 is 2.35 bits per heavy atom. The maximum absolute atomic E-state index is 14.0. The molecule has 190 valence electrons. The van der Waals surface area contributed by atoms with Crippen LogP contribution in [0.1, 0.15) is 98.8 Å². The van der Waals surface area contributed by atoms with Gasteiger partial charge in [0.15, 0.2) is 0 Å². The van der Waals surface area contributed by atoms with Crippen molar-refractivity contribution in [2.75, 3.05) is 7.11 Å². The Kier molecular flexibility index (Phi) is 5.36. The fraction of sp³-hybridized carbons (Fsp3) is 0.867. The van der Waals surface area contributed by atoms with Crippen LogP contribution < -0.4 is 0 Å². The van der Waals surface area contributed by atoms with Crippen molar-refractivity contribution >= 4 is 11.8 Å². The summed E-state index contributed by atoms with van der Waals surface area (Å²) >= 11 is 0. The normalized spacial score (nSPS) is 54.9. The summed E-state index contributed by atoms with van der Waals surface area (Å²) in [7, 11) is 1.57. The monoisotopic (exact) mass is 470 g/mol. The van der Waals surface area contributed by atoms with Gasteiger partial charge in [0.05, 0.1) is 18.6 Å². The van der Waals surface area contributed by atoms with E-state index in [0.29, 0.717) is 30.5 Å². The third-order valence-corrected chi connectivity index (χ3v) is 13.2. The molecule has 3 unspecified atom stereocenters. The van der Waals surface area contributed by atoms with Crippen LogP contribution in [0.2, 0.25) is 0 Å². The van der Waals surface area contributed by atoms with Crippen molar-refractivity contribution in [3.05, 3.63) is 12.2 Å². The molecule has 10 atom stereocenters. The molecule has 5 aliphatic carbocycles. The maximum Gasteiger partial charge on any atom is 0.312 e. The van der Waals surface area contributed by atoms with Crippen LogP contribution >= 0.6 is 0 Å². The van der Waals surface area contributed by atoms with Crippen LogP contribution in [0.4, 0.5) is 0 Å². The van der Waals surface area contributed by atoms with Gasteiger partial charge in [-0.15, -0.1) is 0 Å². The SMILES string of the molecule is C=C1CC2[C@@](C)(CC[C@]3(C)C4CC[C@@]5(C)C(CCC(=O)[C@@H]5C)[C@]4(C)CC[C@@]23C(=O)OC)C[C@@H]1O. The number of esters is 1. The number of fused-ring (bicyclic) bond motifs is 7. The number of aliphatic hydroxyl groups excluding tert-OH is 1. The zero-order chi connectivity index (χ0) is 24.9. The Hall–Kier alpha value is -1.16. The molecule has 0 radical (unpaired) electrons. The highest BCUT2D eigenvalue weighted by Gasteiger charge is 2.74. The molecule has 0 saturated heterocycles. The second-order valence-electron chi connectivity index (χ2n) is 14.1. The molecule has 0 spiro atoms.